The molecule has 4 nitrogen and oxygen atoms in total. The molecule has 0 fully saturated rings. The Bertz CT molecular complexity index is 633. The number of ether oxygens (including phenoxy) is 1. The third-order valence-electron chi connectivity index (χ3n) is 2.38. The number of carbonyl (C=O) groups excluding carboxylic acids is 2. The lowest BCUT2D eigenvalue weighted by Crippen LogP contribution is -2.13. The van der Waals surface area contributed by atoms with E-state index in [1.165, 1.54) is 29.8 Å². The Labute approximate surface area is 123 Å². The van der Waals surface area contributed by atoms with Gasteiger partial charge in [-0.15, -0.1) is 22.7 Å². The highest BCUT2D eigenvalue weighted by molar-refractivity contribution is 7.18. The van der Waals surface area contributed by atoms with Gasteiger partial charge in [-0.25, -0.2) is 4.79 Å². The van der Waals surface area contributed by atoms with Gasteiger partial charge in [-0.2, -0.15) is 0 Å². The maximum atomic E-state index is 12.0. The number of amides is 1. The Morgan fingerprint density at radius 3 is 2.68 bits per heavy atom. The number of nitrogens with one attached hydrogen (secondary N) is 1. The molecule has 0 bridgehead atoms. The summed E-state index contributed by atoms with van der Waals surface area (Å²) in [4.78, 5) is 24.5. The summed E-state index contributed by atoms with van der Waals surface area (Å²) in [5, 5.41) is 4.52. The third-order valence-corrected chi connectivity index (χ3v) is 4.69. The monoisotopic (exact) mass is 315 g/mol. The Hall–Kier alpha value is -1.37. The number of thiophene rings is 2. The number of rotatable bonds is 3. The molecular formula is C12H10ClNO3S2. The minimum absolute atomic E-state index is 0.288. The number of anilines is 1. The minimum Gasteiger partial charge on any atom is -0.465 e. The van der Waals surface area contributed by atoms with Gasteiger partial charge in [-0.05, 0) is 30.0 Å². The van der Waals surface area contributed by atoms with E-state index in [-0.39, 0.29) is 5.91 Å². The molecule has 1 amide bonds. The lowest BCUT2D eigenvalue weighted by molar-refractivity contribution is 0.0607. The fraction of sp³-hybridized carbons (Fsp3) is 0.167. The standard InChI is InChI=1S/C12H10ClNO3S2/c1-6-5-18-10(12(16)17-2)9(6)14-11(15)7-3-4-8(13)19-7/h3-5H,1-2H3,(H,14,15). The third kappa shape index (κ3) is 2.97. The van der Waals surface area contributed by atoms with Crippen LogP contribution in [0, 0.1) is 6.92 Å². The van der Waals surface area contributed by atoms with Gasteiger partial charge in [-0.1, -0.05) is 11.6 Å². The summed E-state index contributed by atoms with van der Waals surface area (Å²) in [5.74, 6) is -0.749. The predicted molar refractivity (Wildman–Crippen MR) is 77.7 cm³/mol. The van der Waals surface area contributed by atoms with Gasteiger partial charge in [0.05, 0.1) is 22.0 Å². The van der Waals surface area contributed by atoms with Crippen LogP contribution in [0.5, 0.6) is 0 Å². The second-order valence-electron chi connectivity index (χ2n) is 3.67. The maximum absolute atomic E-state index is 12.0. The van der Waals surface area contributed by atoms with Crippen LogP contribution in [-0.4, -0.2) is 19.0 Å². The number of carbonyl (C=O) groups is 2. The summed E-state index contributed by atoms with van der Waals surface area (Å²) in [6.45, 7) is 1.82. The molecular weight excluding hydrogens is 306 g/mol. The van der Waals surface area contributed by atoms with Crippen LogP contribution in [0.1, 0.15) is 24.9 Å². The van der Waals surface area contributed by atoms with Crippen molar-refractivity contribution in [2.24, 2.45) is 0 Å². The molecule has 0 atom stereocenters. The van der Waals surface area contributed by atoms with Crippen molar-refractivity contribution in [1.29, 1.82) is 0 Å². The van der Waals surface area contributed by atoms with Crippen molar-refractivity contribution in [2.45, 2.75) is 6.92 Å². The van der Waals surface area contributed by atoms with E-state index in [2.05, 4.69) is 10.1 Å². The van der Waals surface area contributed by atoms with Gasteiger partial charge in [0.25, 0.3) is 5.91 Å². The molecule has 0 aromatic carbocycles. The van der Waals surface area contributed by atoms with Crippen LogP contribution in [0.4, 0.5) is 5.69 Å². The summed E-state index contributed by atoms with van der Waals surface area (Å²) in [6.07, 6.45) is 0. The largest absolute Gasteiger partial charge is 0.465 e. The van der Waals surface area contributed by atoms with Gasteiger partial charge in [0, 0.05) is 0 Å². The number of aryl methyl sites for hydroxylation is 1. The lowest BCUT2D eigenvalue weighted by atomic mass is 10.2. The first kappa shape index (κ1) is 14.0. The molecule has 0 spiro atoms. The summed E-state index contributed by atoms with van der Waals surface area (Å²) < 4.78 is 5.23. The second kappa shape index (κ2) is 5.73. The first-order chi connectivity index (χ1) is 9.02. The lowest BCUT2D eigenvalue weighted by Gasteiger charge is -2.05. The zero-order valence-electron chi connectivity index (χ0n) is 10.2. The molecule has 2 heterocycles. The van der Waals surface area contributed by atoms with Crippen molar-refractivity contribution in [3.05, 3.63) is 37.2 Å². The topological polar surface area (TPSA) is 55.4 Å². The summed E-state index contributed by atoms with van der Waals surface area (Å²) in [7, 11) is 1.31. The van der Waals surface area contributed by atoms with Crippen molar-refractivity contribution >= 4 is 51.8 Å². The number of halogens is 1. The Morgan fingerprint density at radius 2 is 2.11 bits per heavy atom. The maximum Gasteiger partial charge on any atom is 0.350 e. The van der Waals surface area contributed by atoms with Crippen molar-refractivity contribution < 1.29 is 14.3 Å². The van der Waals surface area contributed by atoms with Crippen LogP contribution in [0.15, 0.2) is 17.5 Å². The summed E-state index contributed by atoms with van der Waals surface area (Å²) in [5.41, 5.74) is 1.31. The van der Waals surface area contributed by atoms with E-state index < -0.39 is 5.97 Å². The Morgan fingerprint density at radius 1 is 1.37 bits per heavy atom. The second-order valence-corrected chi connectivity index (χ2v) is 6.27. The quantitative estimate of drug-likeness (QED) is 0.876. The number of hydrogen-bond donors (Lipinski definition) is 1. The van der Waals surface area contributed by atoms with E-state index in [0.29, 0.717) is 19.8 Å². The molecule has 0 saturated heterocycles. The molecule has 2 rings (SSSR count). The normalized spacial score (nSPS) is 10.3. The molecule has 7 heteroatoms. The summed E-state index contributed by atoms with van der Waals surface area (Å²) >= 11 is 8.21. The van der Waals surface area contributed by atoms with Crippen LogP contribution >= 0.6 is 34.3 Å². The van der Waals surface area contributed by atoms with E-state index >= 15 is 0 Å². The summed E-state index contributed by atoms with van der Waals surface area (Å²) in [6, 6.07) is 3.30. The molecule has 0 unspecified atom stereocenters. The zero-order valence-corrected chi connectivity index (χ0v) is 12.5. The molecule has 2 aromatic heterocycles. The van der Waals surface area contributed by atoms with Crippen LogP contribution in [0.2, 0.25) is 4.34 Å². The Kier molecular flexibility index (Phi) is 4.24. The molecule has 0 aliphatic rings. The molecule has 100 valence electrons. The van der Waals surface area contributed by atoms with E-state index in [1.807, 2.05) is 6.92 Å². The molecule has 2 aromatic rings. The van der Waals surface area contributed by atoms with Crippen molar-refractivity contribution in [2.75, 3.05) is 12.4 Å². The highest BCUT2D eigenvalue weighted by atomic mass is 35.5. The average molecular weight is 316 g/mol. The van der Waals surface area contributed by atoms with Crippen molar-refractivity contribution in [1.82, 2.24) is 0 Å². The molecule has 19 heavy (non-hydrogen) atoms. The van der Waals surface area contributed by atoms with Gasteiger partial charge in [0.1, 0.15) is 4.88 Å². The first-order valence-corrected chi connectivity index (χ1v) is 7.33. The van der Waals surface area contributed by atoms with Crippen molar-refractivity contribution in [3.63, 3.8) is 0 Å². The number of esters is 1. The SMILES string of the molecule is COC(=O)c1scc(C)c1NC(=O)c1ccc(Cl)s1. The fourth-order valence-electron chi connectivity index (χ4n) is 1.45. The van der Waals surface area contributed by atoms with Crippen LogP contribution < -0.4 is 5.32 Å². The highest BCUT2D eigenvalue weighted by Gasteiger charge is 2.19. The molecule has 1 N–H and O–H groups in total. The van der Waals surface area contributed by atoms with E-state index in [9.17, 15) is 9.59 Å². The van der Waals surface area contributed by atoms with Gasteiger partial charge in [-0.3, -0.25) is 4.79 Å². The number of methoxy groups -OCH3 is 1. The van der Waals surface area contributed by atoms with Crippen LogP contribution in [-0.2, 0) is 4.74 Å². The van der Waals surface area contributed by atoms with Crippen molar-refractivity contribution in [3.8, 4) is 0 Å². The average Bonchev–Trinajstić information content (AvgIpc) is 2.96. The van der Waals surface area contributed by atoms with E-state index in [1.54, 1.807) is 17.5 Å². The molecule has 0 aliphatic carbocycles. The first-order valence-electron chi connectivity index (χ1n) is 5.26. The van der Waals surface area contributed by atoms with Gasteiger partial charge >= 0.3 is 5.97 Å². The minimum atomic E-state index is -0.461. The number of hydrogen-bond acceptors (Lipinski definition) is 5. The van der Waals surface area contributed by atoms with E-state index in [0.717, 1.165) is 5.56 Å². The van der Waals surface area contributed by atoms with Gasteiger partial charge in [0.15, 0.2) is 0 Å². The molecule has 0 radical (unpaired) electrons. The molecule has 0 saturated carbocycles. The zero-order chi connectivity index (χ0) is 14.0. The van der Waals surface area contributed by atoms with Gasteiger partial charge < -0.3 is 10.1 Å². The smallest absolute Gasteiger partial charge is 0.350 e. The fourth-order valence-corrected chi connectivity index (χ4v) is 3.31. The Balaban J connectivity index is 2.26. The predicted octanol–water partition coefficient (Wildman–Crippen LogP) is 3.81. The van der Waals surface area contributed by atoms with E-state index in [4.69, 9.17) is 11.6 Å². The van der Waals surface area contributed by atoms with Gasteiger partial charge in [0.2, 0.25) is 0 Å². The molecule has 0 aliphatic heterocycles. The van der Waals surface area contributed by atoms with Crippen LogP contribution in [0.25, 0.3) is 0 Å². The van der Waals surface area contributed by atoms with Crippen LogP contribution in [0.3, 0.4) is 0 Å². The highest BCUT2D eigenvalue weighted by Crippen LogP contribution is 2.30.